The van der Waals surface area contributed by atoms with Crippen LogP contribution in [-0.4, -0.2) is 36.7 Å². The minimum Gasteiger partial charge on any atom is -0.480 e. The molecule has 22 heavy (non-hydrogen) atoms. The van der Waals surface area contributed by atoms with Crippen molar-refractivity contribution in [3.63, 3.8) is 0 Å². The van der Waals surface area contributed by atoms with Gasteiger partial charge in [-0.25, -0.2) is 9.18 Å². The summed E-state index contributed by atoms with van der Waals surface area (Å²) in [7, 11) is 0. The minimum absolute atomic E-state index is 0.116. The SMILES string of the molecule is O=C(O)COCCNC(=O)C1(c2ccccc2F)CCCC1. The molecule has 0 saturated heterocycles. The van der Waals surface area contributed by atoms with Gasteiger partial charge in [0.2, 0.25) is 5.91 Å². The van der Waals surface area contributed by atoms with Crippen molar-refractivity contribution in [2.45, 2.75) is 31.1 Å². The predicted octanol–water partition coefficient (Wildman–Crippen LogP) is 1.85. The Morgan fingerprint density at radius 1 is 1.27 bits per heavy atom. The average Bonchev–Trinajstić information content (AvgIpc) is 2.97. The van der Waals surface area contributed by atoms with Crippen LogP contribution in [-0.2, 0) is 19.7 Å². The number of carboxylic acids is 1. The molecule has 1 amide bonds. The second-order valence-electron chi connectivity index (χ2n) is 5.47. The highest BCUT2D eigenvalue weighted by Gasteiger charge is 2.44. The standard InChI is InChI=1S/C16H20FNO4/c17-13-6-2-1-5-12(13)16(7-3-4-8-16)15(21)18-9-10-22-11-14(19)20/h1-2,5-6H,3-4,7-11H2,(H,18,21)(H,19,20). The van der Waals surface area contributed by atoms with E-state index < -0.39 is 18.0 Å². The van der Waals surface area contributed by atoms with Crippen LogP contribution in [0.25, 0.3) is 0 Å². The molecule has 1 aromatic carbocycles. The van der Waals surface area contributed by atoms with Gasteiger partial charge in [-0.1, -0.05) is 31.0 Å². The number of rotatable bonds is 7. The van der Waals surface area contributed by atoms with E-state index in [1.54, 1.807) is 18.2 Å². The van der Waals surface area contributed by atoms with Gasteiger partial charge in [-0.05, 0) is 18.9 Å². The molecular weight excluding hydrogens is 289 g/mol. The van der Waals surface area contributed by atoms with E-state index in [1.165, 1.54) is 6.07 Å². The maximum absolute atomic E-state index is 14.1. The fourth-order valence-corrected chi connectivity index (χ4v) is 3.01. The van der Waals surface area contributed by atoms with Crippen LogP contribution in [0, 0.1) is 5.82 Å². The summed E-state index contributed by atoms with van der Waals surface area (Å²) in [6.45, 7) is -0.0674. The Bertz CT molecular complexity index is 541. The fourth-order valence-electron chi connectivity index (χ4n) is 3.01. The van der Waals surface area contributed by atoms with Gasteiger partial charge in [0.1, 0.15) is 12.4 Å². The smallest absolute Gasteiger partial charge is 0.329 e. The largest absolute Gasteiger partial charge is 0.480 e. The average molecular weight is 309 g/mol. The number of hydrogen-bond donors (Lipinski definition) is 2. The molecule has 2 rings (SSSR count). The van der Waals surface area contributed by atoms with Crippen molar-refractivity contribution in [2.75, 3.05) is 19.8 Å². The van der Waals surface area contributed by atoms with E-state index in [9.17, 15) is 14.0 Å². The number of amides is 1. The Balaban J connectivity index is 2.00. The minimum atomic E-state index is -1.05. The van der Waals surface area contributed by atoms with E-state index in [1.807, 2.05) is 0 Å². The first kappa shape index (κ1) is 16.4. The van der Waals surface area contributed by atoms with E-state index in [2.05, 4.69) is 5.32 Å². The van der Waals surface area contributed by atoms with Gasteiger partial charge < -0.3 is 15.2 Å². The number of carbonyl (C=O) groups is 2. The van der Waals surface area contributed by atoms with E-state index in [4.69, 9.17) is 9.84 Å². The molecule has 0 aromatic heterocycles. The van der Waals surface area contributed by atoms with Crippen molar-refractivity contribution >= 4 is 11.9 Å². The number of benzene rings is 1. The maximum atomic E-state index is 14.1. The molecule has 0 radical (unpaired) electrons. The second kappa shape index (κ2) is 7.35. The maximum Gasteiger partial charge on any atom is 0.329 e. The van der Waals surface area contributed by atoms with Crippen molar-refractivity contribution < 1.29 is 23.8 Å². The van der Waals surface area contributed by atoms with Crippen molar-refractivity contribution in [1.82, 2.24) is 5.32 Å². The molecule has 0 unspecified atom stereocenters. The third-order valence-electron chi connectivity index (χ3n) is 4.04. The molecule has 0 heterocycles. The van der Waals surface area contributed by atoms with Crippen LogP contribution in [0.3, 0.4) is 0 Å². The van der Waals surface area contributed by atoms with Gasteiger partial charge in [0.25, 0.3) is 0 Å². The van der Waals surface area contributed by atoms with Gasteiger partial charge in [-0.2, -0.15) is 0 Å². The lowest BCUT2D eigenvalue weighted by Crippen LogP contribution is -2.44. The summed E-state index contributed by atoms with van der Waals surface area (Å²) in [6, 6.07) is 6.39. The zero-order chi connectivity index (χ0) is 16.0. The number of carboxylic acid groups (broad SMARTS) is 1. The third-order valence-corrected chi connectivity index (χ3v) is 4.04. The normalized spacial score (nSPS) is 16.4. The van der Waals surface area contributed by atoms with Gasteiger partial charge in [0.05, 0.1) is 12.0 Å². The molecule has 1 aliphatic carbocycles. The molecule has 6 heteroatoms. The number of carbonyl (C=O) groups excluding carboxylic acids is 1. The number of aliphatic carboxylic acids is 1. The van der Waals surface area contributed by atoms with Gasteiger partial charge in [-0.3, -0.25) is 4.79 Å². The van der Waals surface area contributed by atoms with Crippen LogP contribution in [0.1, 0.15) is 31.2 Å². The van der Waals surface area contributed by atoms with Crippen molar-refractivity contribution in [2.24, 2.45) is 0 Å². The first-order valence-electron chi connectivity index (χ1n) is 7.39. The summed E-state index contributed by atoms with van der Waals surface area (Å²) in [4.78, 5) is 22.9. The Morgan fingerprint density at radius 3 is 2.59 bits per heavy atom. The first-order valence-corrected chi connectivity index (χ1v) is 7.39. The summed E-state index contributed by atoms with van der Waals surface area (Å²) >= 11 is 0. The summed E-state index contributed by atoms with van der Waals surface area (Å²) in [5.74, 6) is -1.62. The molecule has 2 N–H and O–H groups in total. The highest BCUT2D eigenvalue weighted by atomic mass is 19.1. The monoisotopic (exact) mass is 309 g/mol. The van der Waals surface area contributed by atoms with Crippen molar-refractivity contribution in [3.8, 4) is 0 Å². The molecular formula is C16H20FNO4. The van der Waals surface area contributed by atoms with Crippen LogP contribution in [0.5, 0.6) is 0 Å². The fraction of sp³-hybridized carbons (Fsp3) is 0.500. The van der Waals surface area contributed by atoms with Gasteiger partial charge in [0.15, 0.2) is 0 Å². The van der Waals surface area contributed by atoms with E-state index in [0.717, 1.165) is 12.8 Å². The molecule has 1 fully saturated rings. The summed E-state index contributed by atoms with van der Waals surface area (Å²) in [5.41, 5.74) is -0.380. The van der Waals surface area contributed by atoms with Crippen LogP contribution >= 0.6 is 0 Å². The van der Waals surface area contributed by atoms with Crippen LogP contribution in [0.2, 0.25) is 0 Å². The lowest BCUT2D eigenvalue weighted by Gasteiger charge is -2.28. The summed E-state index contributed by atoms with van der Waals surface area (Å²) in [5, 5.41) is 11.2. The zero-order valence-corrected chi connectivity index (χ0v) is 12.3. The van der Waals surface area contributed by atoms with Gasteiger partial charge in [0, 0.05) is 12.1 Å². The Kier molecular flexibility index (Phi) is 5.49. The predicted molar refractivity (Wildman–Crippen MR) is 78.0 cm³/mol. The van der Waals surface area contributed by atoms with Crippen molar-refractivity contribution in [1.29, 1.82) is 0 Å². The Hall–Kier alpha value is -1.95. The third kappa shape index (κ3) is 3.62. The van der Waals surface area contributed by atoms with E-state index in [0.29, 0.717) is 18.4 Å². The molecule has 120 valence electrons. The lowest BCUT2D eigenvalue weighted by atomic mass is 9.77. The van der Waals surface area contributed by atoms with Crippen LogP contribution in [0.15, 0.2) is 24.3 Å². The molecule has 1 saturated carbocycles. The lowest BCUT2D eigenvalue weighted by molar-refractivity contribution is -0.142. The quantitative estimate of drug-likeness (QED) is 0.754. The Labute approximate surface area is 128 Å². The molecule has 0 bridgehead atoms. The number of nitrogens with one attached hydrogen (secondary N) is 1. The number of ether oxygens (including phenoxy) is 1. The van der Waals surface area contributed by atoms with Crippen LogP contribution < -0.4 is 5.32 Å². The van der Waals surface area contributed by atoms with Crippen LogP contribution in [0.4, 0.5) is 4.39 Å². The second-order valence-corrected chi connectivity index (χ2v) is 5.47. The zero-order valence-electron chi connectivity index (χ0n) is 12.3. The molecule has 0 aliphatic heterocycles. The molecule has 0 spiro atoms. The summed E-state index contributed by atoms with van der Waals surface area (Å²) < 4.78 is 19.0. The molecule has 1 aliphatic rings. The number of hydrogen-bond acceptors (Lipinski definition) is 3. The molecule has 1 aromatic rings. The highest BCUT2D eigenvalue weighted by molar-refractivity contribution is 5.88. The Morgan fingerprint density at radius 2 is 1.95 bits per heavy atom. The van der Waals surface area contributed by atoms with Gasteiger partial charge in [-0.15, -0.1) is 0 Å². The highest BCUT2D eigenvalue weighted by Crippen LogP contribution is 2.42. The summed E-state index contributed by atoms with van der Waals surface area (Å²) in [6.07, 6.45) is 3.01. The first-order chi connectivity index (χ1) is 10.6. The van der Waals surface area contributed by atoms with Crippen molar-refractivity contribution in [3.05, 3.63) is 35.6 Å². The van der Waals surface area contributed by atoms with E-state index in [-0.39, 0.29) is 24.9 Å². The molecule has 5 nitrogen and oxygen atoms in total. The molecule has 0 atom stereocenters. The van der Waals surface area contributed by atoms with Gasteiger partial charge >= 0.3 is 5.97 Å². The topological polar surface area (TPSA) is 75.6 Å². The van der Waals surface area contributed by atoms with E-state index >= 15 is 0 Å². The number of halogens is 1.